The molecule has 0 spiro atoms. The van der Waals surface area contributed by atoms with Gasteiger partial charge in [-0.2, -0.15) is 0 Å². The second-order valence-corrected chi connectivity index (χ2v) is 3.42. The van der Waals surface area contributed by atoms with Crippen LogP contribution in [-0.2, 0) is 9.47 Å². The number of methoxy groups -OCH3 is 2. The van der Waals surface area contributed by atoms with E-state index in [1.807, 2.05) is 0 Å². The highest BCUT2D eigenvalue weighted by molar-refractivity contribution is 6.09. The van der Waals surface area contributed by atoms with Gasteiger partial charge in [-0.15, -0.1) is 0 Å². The predicted octanol–water partition coefficient (Wildman–Crippen LogP) is 1.17. The number of ketones is 1. The topological polar surface area (TPSA) is 89.9 Å². The Morgan fingerprint density at radius 1 is 1.00 bits per heavy atom. The van der Waals surface area contributed by atoms with Crippen molar-refractivity contribution >= 4 is 17.7 Å². The fourth-order valence-electron chi connectivity index (χ4n) is 1.46. The van der Waals surface area contributed by atoms with Crippen molar-refractivity contribution in [2.75, 3.05) is 14.2 Å². The number of carbonyl (C=O) groups excluding carboxylic acids is 3. The predicted molar refractivity (Wildman–Crippen MR) is 60.8 cm³/mol. The lowest BCUT2D eigenvalue weighted by Gasteiger charge is -2.10. The van der Waals surface area contributed by atoms with Gasteiger partial charge in [0.1, 0.15) is 11.3 Å². The van der Waals surface area contributed by atoms with Gasteiger partial charge in [0.2, 0.25) is 0 Å². The summed E-state index contributed by atoms with van der Waals surface area (Å²) in [4.78, 5) is 34.3. The molecule has 18 heavy (non-hydrogen) atoms. The molecule has 6 nitrogen and oxygen atoms in total. The number of phenols is 1. The molecule has 0 fully saturated rings. The Balaban J connectivity index is 3.56. The third kappa shape index (κ3) is 2.32. The van der Waals surface area contributed by atoms with E-state index >= 15 is 0 Å². The standard InChI is InChI=1S/C12H12O6/c1-6(13)7-4-5-8(11(15)17-2)9(10(7)14)12(16)18-3/h4-5,14H,1-3H3. The average molecular weight is 252 g/mol. The maximum Gasteiger partial charge on any atom is 0.342 e. The van der Waals surface area contributed by atoms with Crippen molar-refractivity contribution in [2.24, 2.45) is 0 Å². The minimum absolute atomic E-state index is 0.0666. The van der Waals surface area contributed by atoms with Crippen molar-refractivity contribution < 1.29 is 29.0 Å². The van der Waals surface area contributed by atoms with Gasteiger partial charge in [0, 0.05) is 0 Å². The molecule has 0 saturated heterocycles. The summed E-state index contributed by atoms with van der Waals surface area (Å²) in [5, 5.41) is 9.86. The highest BCUT2D eigenvalue weighted by atomic mass is 16.5. The molecule has 96 valence electrons. The number of carbonyl (C=O) groups is 3. The molecule has 0 bridgehead atoms. The summed E-state index contributed by atoms with van der Waals surface area (Å²) in [6.45, 7) is 1.23. The maximum atomic E-state index is 11.5. The third-order valence-electron chi connectivity index (χ3n) is 2.35. The fourth-order valence-corrected chi connectivity index (χ4v) is 1.46. The summed E-state index contributed by atoms with van der Waals surface area (Å²) in [6.07, 6.45) is 0. The zero-order valence-corrected chi connectivity index (χ0v) is 10.1. The Kier molecular flexibility index (Phi) is 4.04. The van der Waals surface area contributed by atoms with Crippen LogP contribution < -0.4 is 0 Å². The minimum atomic E-state index is -0.920. The van der Waals surface area contributed by atoms with E-state index in [-0.39, 0.29) is 16.7 Å². The van der Waals surface area contributed by atoms with Crippen LogP contribution in [0.25, 0.3) is 0 Å². The first-order chi connectivity index (χ1) is 8.43. The van der Waals surface area contributed by atoms with E-state index in [1.54, 1.807) is 0 Å². The summed E-state index contributed by atoms with van der Waals surface area (Å²) in [5.41, 5.74) is -0.605. The van der Waals surface area contributed by atoms with Crippen LogP contribution >= 0.6 is 0 Å². The summed E-state index contributed by atoms with van der Waals surface area (Å²) in [6, 6.07) is 2.48. The van der Waals surface area contributed by atoms with Crippen LogP contribution in [0.3, 0.4) is 0 Å². The summed E-state index contributed by atoms with van der Waals surface area (Å²) in [5.74, 6) is -2.75. The summed E-state index contributed by atoms with van der Waals surface area (Å²) >= 11 is 0. The van der Waals surface area contributed by atoms with E-state index in [0.717, 1.165) is 14.2 Å². The van der Waals surface area contributed by atoms with Crippen molar-refractivity contribution in [3.8, 4) is 5.75 Å². The number of ether oxygens (including phenoxy) is 2. The molecule has 1 N–H and O–H groups in total. The molecule has 1 rings (SSSR count). The number of Topliss-reactive ketones (excluding diaryl/α,β-unsaturated/α-hetero) is 1. The van der Waals surface area contributed by atoms with Crippen molar-refractivity contribution in [1.29, 1.82) is 0 Å². The molecule has 0 radical (unpaired) electrons. The lowest BCUT2D eigenvalue weighted by Crippen LogP contribution is -2.13. The first-order valence-corrected chi connectivity index (χ1v) is 4.97. The van der Waals surface area contributed by atoms with E-state index in [4.69, 9.17) is 0 Å². The van der Waals surface area contributed by atoms with Crippen LogP contribution in [0.2, 0.25) is 0 Å². The van der Waals surface area contributed by atoms with Crippen LogP contribution in [0.5, 0.6) is 5.75 Å². The highest BCUT2D eigenvalue weighted by Crippen LogP contribution is 2.27. The monoisotopic (exact) mass is 252 g/mol. The maximum absolute atomic E-state index is 11.5. The van der Waals surface area contributed by atoms with E-state index in [2.05, 4.69) is 9.47 Å². The van der Waals surface area contributed by atoms with Gasteiger partial charge in [0.05, 0.1) is 25.3 Å². The van der Waals surface area contributed by atoms with Gasteiger partial charge in [0.25, 0.3) is 0 Å². The summed E-state index contributed by atoms with van der Waals surface area (Å²) < 4.78 is 8.95. The number of esters is 2. The molecule has 0 aliphatic heterocycles. The Morgan fingerprint density at radius 3 is 1.94 bits per heavy atom. The van der Waals surface area contributed by atoms with Gasteiger partial charge >= 0.3 is 11.9 Å². The van der Waals surface area contributed by atoms with Crippen LogP contribution in [0, 0.1) is 0 Å². The van der Waals surface area contributed by atoms with Crippen molar-refractivity contribution in [3.05, 3.63) is 28.8 Å². The second kappa shape index (κ2) is 5.31. The number of phenolic OH excluding ortho intramolecular Hbond substituents is 1. The first-order valence-electron chi connectivity index (χ1n) is 4.97. The Morgan fingerprint density at radius 2 is 1.50 bits per heavy atom. The largest absolute Gasteiger partial charge is 0.506 e. The van der Waals surface area contributed by atoms with E-state index in [1.165, 1.54) is 19.1 Å². The normalized spacial score (nSPS) is 9.72. The van der Waals surface area contributed by atoms with Gasteiger partial charge < -0.3 is 14.6 Å². The van der Waals surface area contributed by atoms with E-state index < -0.39 is 23.5 Å². The third-order valence-corrected chi connectivity index (χ3v) is 2.35. The Bertz CT molecular complexity index is 518. The van der Waals surface area contributed by atoms with Gasteiger partial charge in [-0.25, -0.2) is 9.59 Å². The minimum Gasteiger partial charge on any atom is -0.506 e. The number of rotatable bonds is 3. The van der Waals surface area contributed by atoms with Crippen molar-refractivity contribution in [1.82, 2.24) is 0 Å². The highest BCUT2D eigenvalue weighted by Gasteiger charge is 2.25. The molecule has 0 saturated carbocycles. The Labute approximate surface area is 103 Å². The molecule has 6 heteroatoms. The number of benzene rings is 1. The number of aromatic hydroxyl groups is 1. The van der Waals surface area contributed by atoms with Crippen molar-refractivity contribution in [3.63, 3.8) is 0 Å². The zero-order chi connectivity index (χ0) is 13.9. The zero-order valence-electron chi connectivity index (χ0n) is 10.1. The molecule has 0 aliphatic carbocycles. The molecule has 0 aliphatic rings. The molecule has 1 aromatic rings. The quantitative estimate of drug-likeness (QED) is 0.641. The lowest BCUT2D eigenvalue weighted by molar-refractivity contribution is 0.0552. The van der Waals surface area contributed by atoms with Crippen LogP contribution in [0.15, 0.2) is 12.1 Å². The average Bonchev–Trinajstić information content (AvgIpc) is 2.35. The van der Waals surface area contributed by atoms with Gasteiger partial charge in [-0.05, 0) is 19.1 Å². The van der Waals surface area contributed by atoms with E-state index in [9.17, 15) is 19.5 Å². The molecular weight excluding hydrogens is 240 g/mol. The molecule has 0 unspecified atom stereocenters. The van der Waals surface area contributed by atoms with Crippen molar-refractivity contribution in [2.45, 2.75) is 6.92 Å². The first kappa shape index (κ1) is 13.7. The molecule has 0 amide bonds. The number of hydrogen-bond donors (Lipinski definition) is 1. The Hall–Kier alpha value is -2.37. The molecule has 1 aromatic carbocycles. The van der Waals surface area contributed by atoms with Crippen LogP contribution in [0.1, 0.15) is 38.0 Å². The smallest absolute Gasteiger partial charge is 0.342 e. The van der Waals surface area contributed by atoms with Crippen LogP contribution in [-0.4, -0.2) is 37.0 Å². The number of hydrogen-bond acceptors (Lipinski definition) is 6. The van der Waals surface area contributed by atoms with E-state index in [0.29, 0.717) is 0 Å². The fraction of sp³-hybridized carbons (Fsp3) is 0.250. The van der Waals surface area contributed by atoms with Gasteiger partial charge in [-0.3, -0.25) is 4.79 Å². The van der Waals surface area contributed by atoms with Gasteiger partial charge in [-0.1, -0.05) is 0 Å². The SMILES string of the molecule is COC(=O)c1ccc(C(C)=O)c(O)c1C(=O)OC. The molecule has 0 atom stereocenters. The lowest BCUT2D eigenvalue weighted by atomic mass is 10.00. The van der Waals surface area contributed by atoms with Crippen LogP contribution in [0.4, 0.5) is 0 Å². The molecular formula is C12H12O6. The molecule has 0 heterocycles. The molecule has 0 aromatic heterocycles. The second-order valence-electron chi connectivity index (χ2n) is 3.42. The summed E-state index contributed by atoms with van der Waals surface area (Å²) in [7, 11) is 2.24. The van der Waals surface area contributed by atoms with Gasteiger partial charge in [0.15, 0.2) is 5.78 Å².